The molecule has 4 aromatic rings. The number of aryl methyl sites for hydroxylation is 1. The van der Waals surface area contributed by atoms with Crippen LogP contribution in [0.5, 0.6) is 0 Å². The van der Waals surface area contributed by atoms with Crippen molar-refractivity contribution in [1.82, 2.24) is 20.1 Å². The van der Waals surface area contributed by atoms with Gasteiger partial charge in [-0.15, -0.1) is 0 Å². The third kappa shape index (κ3) is 3.00. The molecule has 0 unspecified atom stereocenters. The van der Waals surface area contributed by atoms with Crippen molar-refractivity contribution in [2.24, 2.45) is 0 Å². The van der Waals surface area contributed by atoms with Gasteiger partial charge in [-0.25, -0.2) is 9.97 Å². The number of hydrogen-bond donors (Lipinski definition) is 0. The quantitative estimate of drug-likeness (QED) is 0.410. The van der Waals surface area contributed by atoms with Crippen LogP contribution in [0.15, 0.2) is 64.1 Å². The highest BCUT2D eigenvalue weighted by Crippen LogP contribution is 2.28. The van der Waals surface area contributed by atoms with Crippen LogP contribution in [0.25, 0.3) is 22.3 Å². The van der Waals surface area contributed by atoms with E-state index in [0.717, 1.165) is 27.3 Å². The number of nitrogens with zero attached hydrogens (tertiary/aromatic N) is 4. The zero-order valence-corrected chi connectivity index (χ0v) is 13.8. The molecule has 118 valence electrons. The molecule has 6 heteroatoms. The first kappa shape index (κ1) is 14.8. The minimum absolute atomic E-state index is 0.570. The second kappa shape index (κ2) is 6.41. The number of benzene rings is 2. The average molecular weight is 334 g/mol. The van der Waals surface area contributed by atoms with Gasteiger partial charge < -0.3 is 4.52 Å². The van der Waals surface area contributed by atoms with Crippen molar-refractivity contribution in [1.29, 1.82) is 0 Å². The number of para-hydroxylation sites is 1. The fourth-order valence-electron chi connectivity index (χ4n) is 2.42. The predicted octanol–water partition coefficient (Wildman–Crippen LogP) is 4.28. The molecule has 0 aliphatic carbocycles. The summed E-state index contributed by atoms with van der Waals surface area (Å²) in [5.74, 6) is 2.51. The molecule has 0 saturated heterocycles. The summed E-state index contributed by atoms with van der Waals surface area (Å²) >= 11 is 1.58. The van der Waals surface area contributed by atoms with Gasteiger partial charge in [0.25, 0.3) is 0 Å². The van der Waals surface area contributed by atoms with E-state index in [1.54, 1.807) is 11.8 Å². The molecule has 0 atom stereocenters. The molecule has 5 nitrogen and oxygen atoms in total. The fraction of sp³-hybridized carbons (Fsp3) is 0.111. The van der Waals surface area contributed by atoms with Crippen molar-refractivity contribution in [2.75, 3.05) is 0 Å². The molecular formula is C18H14N4OS. The third-order valence-electron chi connectivity index (χ3n) is 3.51. The Labute approximate surface area is 143 Å². The standard InChI is InChI=1S/C18H14N4OS/c1-12-19-15-10-6-5-9-14(15)18(20-12)24-11-16-21-17(22-23-16)13-7-3-2-4-8-13/h2-10H,11H2,1H3. The molecule has 2 heterocycles. The highest BCUT2D eigenvalue weighted by Gasteiger charge is 2.11. The molecule has 24 heavy (non-hydrogen) atoms. The van der Waals surface area contributed by atoms with Crippen LogP contribution < -0.4 is 0 Å². The lowest BCUT2D eigenvalue weighted by molar-refractivity contribution is 0.391. The maximum absolute atomic E-state index is 5.36. The number of aromatic nitrogens is 4. The number of hydrogen-bond acceptors (Lipinski definition) is 6. The number of fused-ring (bicyclic) bond motifs is 1. The van der Waals surface area contributed by atoms with E-state index in [9.17, 15) is 0 Å². The monoisotopic (exact) mass is 334 g/mol. The van der Waals surface area contributed by atoms with E-state index in [0.29, 0.717) is 17.5 Å². The van der Waals surface area contributed by atoms with E-state index >= 15 is 0 Å². The number of thioether (sulfide) groups is 1. The molecule has 2 aromatic carbocycles. The molecule has 0 saturated carbocycles. The zero-order valence-electron chi connectivity index (χ0n) is 13.0. The van der Waals surface area contributed by atoms with Gasteiger partial charge in [0.1, 0.15) is 10.9 Å². The Kier molecular flexibility index (Phi) is 3.96. The van der Waals surface area contributed by atoms with Crippen LogP contribution in [0.4, 0.5) is 0 Å². The molecule has 0 spiro atoms. The summed E-state index contributed by atoms with van der Waals surface area (Å²) < 4.78 is 5.36. The second-order valence-corrected chi connectivity index (χ2v) is 6.22. The SMILES string of the molecule is Cc1nc(SCc2nc(-c3ccccc3)no2)c2ccccc2n1. The highest BCUT2D eigenvalue weighted by atomic mass is 32.2. The Morgan fingerprint density at radius 1 is 0.917 bits per heavy atom. The van der Waals surface area contributed by atoms with Crippen molar-refractivity contribution >= 4 is 22.7 Å². The predicted molar refractivity (Wildman–Crippen MR) is 93.6 cm³/mol. The third-order valence-corrected chi connectivity index (χ3v) is 4.49. The molecule has 0 amide bonds. The van der Waals surface area contributed by atoms with E-state index < -0.39 is 0 Å². The van der Waals surface area contributed by atoms with E-state index in [-0.39, 0.29) is 0 Å². The lowest BCUT2D eigenvalue weighted by Gasteiger charge is -2.04. The molecule has 0 N–H and O–H groups in total. The van der Waals surface area contributed by atoms with Crippen LogP contribution in [0.1, 0.15) is 11.7 Å². The van der Waals surface area contributed by atoms with Crippen LogP contribution in [-0.2, 0) is 5.75 Å². The van der Waals surface area contributed by atoms with Gasteiger partial charge in [-0.1, -0.05) is 65.4 Å². The molecule has 0 fully saturated rings. The van der Waals surface area contributed by atoms with Crippen LogP contribution in [-0.4, -0.2) is 20.1 Å². The first-order valence-corrected chi connectivity index (χ1v) is 8.52. The molecule has 0 aliphatic heterocycles. The zero-order chi connectivity index (χ0) is 16.4. The van der Waals surface area contributed by atoms with Crippen molar-refractivity contribution in [3.8, 4) is 11.4 Å². The summed E-state index contributed by atoms with van der Waals surface area (Å²) in [4.78, 5) is 13.5. The minimum atomic E-state index is 0.570. The molecule has 0 radical (unpaired) electrons. The van der Waals surface area contributed by atoms with E-state index in [1.165, 1.54) is 0 Å². The normalized spacial score (nSPS) is 11.0. The van der Waals surface area contributed by atoms with E-state index in [1.807, 2.05) is 61.5 Å². The van der Waals surface area contributed by atoms with Gasteiger partial charge in [-0.05, 0) is 13.0 Å². The maximum Gasteiger partial charge on any atom is 0.237 e. The summed E-state index contributed by atoms with van der Waals surface area (Å²) in [6.07, 6.45) is 0. The summed E-state index contributed by atoms with van der Waals surface area (Å²) in [6, 6.07) is 17.8. The topological polar surface area (TPSA) is 64.7 Å². The maximum atomic E-state index is 5.36. The fourth-order valence-corrected chi connectivity index (χ4v) is 3.32. The van der Waals surface area contributed by atoms with Crippen LogP contribution in [0.3, 0.4) is 0 Å². The Balaban J connectivity index is 1.57. The Morgan fingerprint density at radius 2 is 1.71 bits per heavy atom. The lowest BCUT2D eigenvalue weighted by Crippen LogP contribution is -1.93. The second-order valence-electron chi connectivity index (χ2n) is 5.26. The summed E-state index contributed by atoms with van der Waals surface area (Å²) in [7, 11) is 0. The molecule has 2 aromatic heterocycles. The van der Waals surface area contributed by atoms with Crippen molar-refractivity contribution < 1.29 is 4.52 Å². The van der Waals surface area contributed by atoms with E-state index in [2.05, 4.69) is 20.1 Å². The van der Waals surface area contributed by atoms with Crippen LogP contribution >= 0.6 is 11.8 Å². The van der Waals surface area contributed by atoms with Gasteiger partial charge in [0.15, 0.2) is 0 Å². The Morgan fingerprint density at radius 3 is 2.58 bits per heavy atom. The van der Waals surface area contributed by atoms with Crippen LogP contribution in [0, 0.1) is 6.92 Å². The molecular weight excluding hydrogens is 320 g/mol. The van der Waals surface area contributed by atoms with Gasteiger partial charge in [0.05, 0.1) is 11.3 Å². The lowest BCUT2D eigenvalue weighted by atomic mass is 10.2. The summed E-state index contributed by atoms with van der Waals surface area (Å²) in [6.45, 7) is 1.90. The summed E-state index contributed by atoms with van der Waals surface area (Å²) in [5, 5.41) is 6.01. The van der Waals surface area contributed by atoms with E-state index in [4.69, 9.17) is 4.52 Å². The first-order chi connectivity index (χ1) is 11.8. The Hall–Kier alpha value is -2.73. The largest absolute Gasteiger partial charge is 0.338 e. The van der Waals surface area contributed by atoms with Crippen molar-refractivity contribution in [3.05, 3.63) is 66.3 Å². The highest BCUT2D eigenvalue weighted by molar-refractivity contribution is 7.98. The van der Waals surface area contributed by atoms with Gasteiger partial charge in [0, 0.05) is 10.9 Å². The van der Waals surface area contributed by atoms with Gasteiger partial charge in [-0.3, -0.25) is 0 Å². The van der Waals surface area contributed by atoms with Gasteiger partial charge >= 0.3 is 0 Å². The van der Waals surface area contributed by atoms with Gasteiger partial charge in [-0.2, -0.15) is 4.98 Å². The molecule has 0 aliphatic rings. The van der Waals surface area contributed by atoms with Gasteiger partial charge in [0.2, 0.25) is 11.7 Å². The molecule has 4 rings (SSSR count). The Bertz CT molecular complexity index is 985. The minimum Gasteiger partial charge on any atom is -0.338 e. The summed E-state index contributed by atoms with van der Waals surface area (Å²) in [5.41, 5.74) is 1.89. The number of rotatable bonds is 4. The van der Waals surface area contributed by atoms with Crippen molar-refractivity contribution in [2.45, 2.75) is 17.7 Å². The smallest absolute Gasteiger partial charge is 0.237 e. The van der Waals surface area contributed by atoms with Crippen molar-refractivity contribution in [3.63, 3.8) is 0 Å². The van der Waals surface area contributed by atoms with Crippen LogP contribution in [0.2, 0.25) is 0 Å². The average Bonchev–Trinajstić information content (AvgIpc) is 3.09. The first-order valence-electron chi connectivity index (χ1n) is 7.54. The molecule has 0 bridgehead atoms.